The molecule has 0 fully saturated rings. The molecule has 0 aliphatic heterocycles. The first-order valence-electron chi connectivity index (χ1n) is 9.02. The molecule has 0 aromatic heterocycles. The second-order valence-electron chi connectivity index (χ2n) is 6.38. The molecule has 0 radical (unpaired) electrons. The number of benzene rings is 2. The predicted molar refractivity (Wildman–Crippen MR) is 101 cm³/mol. The number of carboxylic acids is 1. The summed E-state index contributed by atoms with van der Waals surface area (Å²) in [5.41, 5.74) is 4.62. The third-order valence-electron chi connectivity index (χ3n) is 4.62. The second-order valence-corrected chi connectivity index (χ2v) is 6.38. The Bertz CT molecular complexity index is 774. The van der Waals surface area contributed by atoms with Crippen LogP contribution in [-0.2, 0) is 14.3 Å². The van der Waals surface area contributed by atoms with E-state index in [9.17, 15) is 9.59 Å². The summed E-state index contributed by atoms with van der Waals surface area (Å²) >= 11 is 0. The summed E-state index contributed by atoms with van der Waals surface area (Å²) in [5.74, 6) is -0.979. The van der Waals surface area contributed by atoms with E-state index >= 15 is 0 Å². The molecule has 1 unspecified atom stereocenters. The molecule has 2 N–H and O–H groups in total. The van der Waals surface area contributed by atoms with Crippen LogP contribution >= 0.6 is 0 Å². The Kier molecular flexibility index (Phi) is 6.08. The Morgan fingerprint density at radius 3 is 2.22 bits per heavy atom. The highest BCUT2D eigenvalue weighted by atomic mass is 16.5. The highest BCUT2D eigenvalue weighted by Gasteiger charge is 2.29. The van der Waals surface area contributed by atoms with Crippen LogP contribution in [0.5, 0.6) is 0 Å². The van der Waals surface area contributed by atoms with Crippen molar-refractivity contribution in [1.29, 1.82) is 0 Å². The molecule has 6 heteroatoms. The number of carbonyl (C=O) groups excluding carboxylic acids is 1. The Morgan fingerprint density at radius 1 is 1.07 bits per heavy atom. The summed E-state index contributed by atoms with van der Waals surface area (Å²) in [6.07, 6.45) is -1.32. The van der Waals surface area contributed by atoms with Gasteiger partial charge in [-0.3, -0.25) is 4.79 Å². The molecule has 2 aromatic carbocycles. The van der Waals surface area contributed by atoms with Crippen LogP contribution in [0.25, 0.3) is 11.1 Å². The fraction of sp³-hybridized carbons (Fsp3) is 0.333. The first kappa shape index (κ1) is 18.9. The summed E-state index contributed by atoms with van der Waals surface area (Å²) in [4.78, 5) is 22.9. The van der Waals surface area contributed by atoms with Gasteiger partial charge < -0.3 is 19.9 Å². The van der Waals surface area contributed by atoms with Gasteiger partial charge in [0, 0.05) is 19.1 Å². The largest absolute Gasteiger partial charge is 0.481 e. The lowest BCUT2D eigenvalue weighted by molar-refractivity contribution is -0.140. The summed E-state index contributed by atoms with van der Waals surface area (Å²) in [6, 6.07) is 16.2. The van der Waals surface area contributed by atoms with Gasteiger partial charge in [0.1, 0.15) is 6.61 Å². The predicted octanol–water partition coefficient (Wildman–Crippen LogP) is 3.40. The first-order chi connectivity index (χ1) is 13.1. The van der Waals surface area contributed by atoms with Crippen molar-refractivity contribution in [2.45, 2.75) is 25.4 Å². The molecule has 0 heterocycles. The molecule has 142 valence electrons. The zero-order valence-electron chi connectivity index (χ0n) is 15.2. The molecule has 1 amide bonds. The number of carboxylic acid groups (broad SMARTS) is 1. The highest BCUT2D eigenvalue weighted by Crippen LogP contribution is 2.44. The number of amides is 1. The molecule has 0 spiro atoms. The van der Waals surface area contributed by atoms with Crippen molar-refractivity contribution in [1.82, 2.24) is 5.32 Å². The lowest BCUT2D eigenvalue weighted by atomic mass is 9.98. The van der Waals surface area contributed by atoms with Gasteiger partial charge in [-0.25, -0.2) is 4.79 Å². The molecule has 0 saturated carbocycles. The van der Waals surface area contributed by atoms with Crippen molar-refractivity contribution < 1.29 is 24.2 Å². The van der Waals surface area contributed by atoms with Gasteiger partial charge in [0.05, 0.1) is 12.5 Å². The van der Waals surface area contributed by atoms with E-state index in [1.54, 1.807) is 6.92 Å². The maximum Gasteiger partial charge on any atom is 0.407 e. The van der Waals surface area contributed by atoms with Crippen molar-refractivity contribution in [3.8, 4) is 11.1 Å². The van der Waals surface area contributed by atoms with Gasteiger partial charge in [-0.05, 0) is 29.2 Å². The van der Waals surface area contributed by atoms with Gasteiger partial charge in [0.25, 0.3) is 0 Å². The van der Waals surface area contributed by atoms with E-state index in [2.05, 4.69) is 29.6 Å². The fourth-order valence-electron chi connectivity index (χ4n) is 3.47. The van der Waals surface area contributed by atoms with Crippen LogP contribution in [0.1, 0.15) is 30.4 Å². The second kappa shape index (κ2) is 8.68. The Balaban J connectivity index is 1.60. The number of carbonyl (C=O) groups is 2. The maximum absolute atomic E-state index is 12.1. The standard InChI is InChI=1S/C21H23NO5/c1-2-26-14(11-20(23)24)12-22-21(25)27-13-19-17-9-5-3-7-15(17)16-8-4-6-10-18(16)19/h3-10,14,19H,2,11-13H2,1H3,(H,22,25)(H,23,24). The summed E-state index contributed by atoms with van der Waals surface area (Å²) in [5, 5.41) is 11.5. The van der Waals surface area contributed by atoms with E-state index < -0.39 is 18.2 Å². The third kappa shape index (κ3) is 4.46. The number of hydrogen-bond acceptors (Lipinski definition) is 4. The summed E-state index contributed by atoms with van der Waals surface area (Å²) in [6.45, 7) is 2.47. The number of aliphatic carboxylic acids is 1. The monoisotopic (exact) mass is 369 g/mol. The van der Waals surface area contributed by atoms with Crippen molar-refractivity contribution in [3.05, 3.63) is 59.7 Å². The zero-order valence-corrected chi connectivity index (χ0v) is 15.2. The van der Waals surface area contributed by atoms with Gasteiger partial charge in [-0.2, -0.15) is 0 Å². The van der Waals surface area contributed by atoms with Crippen LogP contribution in [0.15, 0.2) is 48.5 Å². The number of ether oxygens (including phenoxy) is 2. The smallest absolute Gasteiger partial charge is 0.407 e. The Morgan fingerprint density at radius 2 is 1.67 bits per heavy atom. The van der Waals surface area contributed by atoms with Crippen LogP contribution < -0.4 is 5.32 Å². The number of nitrogens with one attached hydrogen (secondary N) is 1. The minimum atomic E-state index is -0.970. The topological polar surface area (TPSA) is 84.9 Å². The third-order valence-corrected chi connectivity index (χ3v) is 4.62. The van der Waals surface area contributed by atoms with Crippen molar-refractivity contribution in [2.75, 3.05) is 19.8 Å². The first-order valence-corrected chi connectivity index (χ1v) is 9.02. The molecule has 1 aliphatic carbocycles. The van der Waals surface area contributed by atoms with Crippen LogP contribution in [0.4, 0.5) is 4.79 Å². The Labute approximate surface area is 158 Å². The van der Waals surface area contributed by atoms with Crippen LogP contribution in [0.2, 0.25) is 0 Å². The number of hydrogen-bond donors (Lipinski definition) is 2. The average Bonchev–Trinajstić information content (AvgIpc) is 2.98. The molecular formula is C21H23NO5. The van der Waals surface area contributed by atoms with Gasteiger partial charge in [-0.1, -0.05) is 48.5 Å². The minimum Gasteiger partial charge on any atom is -0.481 e. The molecule has 0 bridgehead atoms. The number of alkyl carbamates (subject to hydrolysis) is 1. The van der Waals surface area contributed by atoms with E-state index in [4.69, 9.17) is 14.6 Å². The molecule has 1 aliphatic rings. The van der Waals surface area contributed by atoms with Gasteiger partial charge in [0.2, 0.25) is 0 Å². The molecule has 0 saturated heterocycles. The molecule has 6 nitrogen and oxygen atoms in total. The van der Waals surface area contributed by atoms with Crippen LogP contribution in [0, 0.1) is 0 Å². The molecular weight excluding hydrogens is 346 g/mol. The van der Waals surface area contributed by atoms with Crippen molar-refractivity contribution in [3.63, 3.8) is 0 Å². The van der Waals surface area contributed by atoms with Crippen molar-refractivity contribution >= 4 is 12.1 Å². The van der Waals surface area contributed by atoms with Crippen LogP contribution in [-0.4, -0.2) is 43.0 Å². The quantitative estimate of drug-likeness (QED) is 0.745. The van der Waals surface area contributed by atoms with E-state index in [1.165, 1.54) is 11.1 Å². The minimum absolute atomic E-state index is 0.00939. The SMILES string of the molecule is CCOC(CNC(=O)OCC1c2ccccc2-c2ccccc21)CC(=O)O. The Hall–Kier alpha value is -2.86. The highest BCUT2D eigenvalue weighted by molar-refractivity contribution is 5.79. The van der Waals surface area contributed by atoms with E-state index in [-0.39, 0.29) is 25.5 Å². The van der Waals surface area contributed by atoms with E-state index in [0.29, 0.717) is 6.61 Å². The normalized spacial score (nSPS) is 13.5. The lowest BCUT2D eigenvalue weighted by Crippen LogP contribution is -2.36. The van der Waals surface area contributed by atoms with E-state index in [1.807, 2.05) is 24.3 Å². The average molecular weight is 369 g/mol. The fourth-order valence-corrected chi connectivity index (χ4v) is 3.47. The zero-order chi connectivity index (χ0) is 19.2. The number of fused-ring (bicyclic) bond motifs is 3. The molecule has 3 rings (SSSR count). The van der Waals surface area contributed by atoms with Gasteiger partial charge in [-0.15, -0.1) is 0 Å². The van der Waals surface area contributed by atoms with E-state index in [0.717, 1.165) is 11.1 Å². The van der Waals surface area contributed by atoms with Crippen molar-refractivity contribution in [2.24, 2.45) is 0 Å². The van der Waals surface area contributed by atoms with Crippen LogP contribution in [0.3, 0.4) is 0 Å². The summed E-state index contributed by atoms with van der Waals surface area (Å²) < 4.78 is 10.7. The van der Waals surface area contributed by atoms with Gasteiger partial charge in [0.15, 0.2) is 0 Å². The maximum atomic E-state index is 12.1. The summed E-state index contributed by atoms with van der Waals surface area (Å²) in [7, 11) is 0. The van der Waals surface area contributed by atoms with Gasteiger partial charge >= 0.3 is 12.1 Å². The molecule has 2 aromatic rings. The molecule has 1 atom stereocenters. The number of rotatable bonds is 8. The lowest BCUT2D eigenvalue weighted by Gasteiger charge is -2.17. The molecule has 27 heavy (non-hydrogen) atoms.